The first-order valence-electron chi connectivity index (χ1n) is 10.1. The number of rotatable bonds is 8. The van der Waals surface area contributed by atoms with Crippen molar-refractivity contribution >= 4 is 26.7 Å². The SMILES string of the molecule is CCn1c(Oc2ccc3cc[nH]c3c2)nnc1[C@@H](C)NS(=O)(=O)c1cccc(C(C)=O)c1. The van der Waals surface area contributed by atoms with Crippen molar-refractivity contribution < 1.29 is 17.9 Å². The molecule has 0 aliphatic carbocycles. The van der Waals surface area contributed by atoms with E-state index in [1.807, 2.05) is 37.4 Å². The van der Waals surface area contributed by atoms with Crippen LogP contribution in [0.2, 0.25) is 0 Å². The van der Waals surface area contributed by atoms with Crippen molar-refractivity contribution in [1.82, 2.24) is 24.5 Å². The number of nitrogens with zero attached hydrogens (tertiary/aromatic N) is 3. The summed E-state index contributed by atoms with van der Waals surface area (Å²) in [4.78, 5) is 14.7. The zero-order chi connectivity index (χ0) is 22.9. The highest BCUT2D eigenvalue weighted by molar-refractivity contribution is 7.89. The first-order chi connectivity index (χ1) is 15.3. The van der Waals surface area contributed by atoms with Crippen LogP contribution in [0.25, 0.3) is 10.9 Å². The molecule has 0 aliphatic rings. The molecule has 9 nitrogen and oxygen atoms in total. The lowest BCUT2D eigenvalue weighted by Gasteiger charge is -2.15. The summed E-state index contributed by atoms with van der Waals surface area (Å²) in [6.07, 6.45) is 1.85. The number of benzene rings is 2. The zero-order valence-corrected chi connectivity index (χ0v) is 18.7. The van der Waals surface area contributed by atoms with Crippen LogP contribution in [-0.4, -0.2) is 33.9 Å². The fourth-order valence-corrected chi connectivity index (χ4v) is 4.67. The predicted octanol–water partition coefficient (Wildman–Crippen LogP) is 3.81. The second-order valence-electron chi connectivity index (χ2n) is 7.34. The van der Waals surface area contributed by atoms with Gasteiger partial charge >= 0.3 is 6.01 Å². The Balaban J connectivity index is 1.57. The molecule has 166 valence electrons. The smallest absolute Gasteiger partial charge is 0.322 e. The molecule has 0 amide bonds. The largest absolute Gasteiger partial charge is 0.424 e. The number of carbonyl (C=O) groups is 1. The van der Waals surface area contributed by atoms with Gasteiger partial charge in [0.1, 0.15) is 5.75 Å². The minimum atomic E-state index is -3.88. The summed E-state index contributed by atoms with van der Waals surface area (Å²) in [5, 5.41) is 9.33. The summed E-state index contributed by atoms with van der Waals surface area (Å²) in [6.45, 7) is 5.44. The Kier molecular flexibility index (Phi) is 5.81. The quantitative estimate of drug-likeness (QED) is 0.392. The third kappa shape index (κ3) is 4.27. The molecule has 1 atom stereocenters. The summed E-state index contributed by atoms with van der Waals surface area (Å²) in [5.41, 5.74) is 1.26. The molecular weight excluding hydrogens is 430 g/mol. The van der Waals surface area contributed by atoms with Crippen molar-refractivity contribution in [2.24, 2.45) is 0 Å². The van der Waals surface area contributed by atoms with E-state index in [0.29, 0.717) is 23.7 Å². The van der Waals surface area contributed by atoms with Gasteiger partial charge in [-0.25, -0.2) is 13.1 Å². The highest BCUT2D eigenvalue weighted by Crippen LogP contribution is 2.26. The van der Waals surface area contributed by atoms with Crippen LogP contribution in [0.4, 0.5) is 0 Å². The normalized spacial score (nSPS) is 12.7. The maximum atomic E-state index is 12.9. The maximum Gasteiger partial charge on any atom is 0.322 e. The Morgan fingerprint density at radius 1 is 1.19 bits per heavy atom. The summed E-state index contributed by atoms with van der Waals surface area (Å²) in [7, 11) is -3.88. The first-order valence-corrected chi connectivity index (χ1v) is 11.6. The number of aromatic amines is 1. The molecule has 0 aliphatic heterocycles. The van der Waals surface area contributed by atoms with Crippen LogP contribution in [0.15, 0.2) is 59.6 Å². The Labute approximate surface area is 185 Å². The lowest BCUT2D eigenvalue weighted by molar-refractivity contribution is 0.101. The van der Waals surface area contributed by atoms with Gasteiger partial charge in [-0.05, 0) is 56.5 Å². The third-order valence-corrected chi connectivity index (χ3v) is 6.61. The average Bonchev–Trinajstić information content (AvgIpc) is 3.39. The molecule has 0 fully saturated rings. The van der Waals surface area contributed by atoms with Crippen molar-refractivity contribution in [2.45, 2.75) is 38.3 Å². The Bertz CT molecular complexity index is 1390. The van der Waals surface area contributed by atoms with Gasteiger partial charge in [0.05, 0.1) is 10.9 Å². The van der Waals surface area contributed by atoms with Gasteiger partial charge in [-0.1, -0.05) is 17.2 Å². The molecule has 0 radical (unpaired) electrons. The van der Waals surface area contributed by atoms with Gasteiger partial charge in [0, 0.05) is 29.9 Å². The van der Waals surface area contributed by atoms with Crippen LogP contribution in [0, 0.1) is 0 Å². The molecule has 2 aromatic heterocycles. The minimum absolute atomic E-state index is 0.00957. The lowest BCUT2D eigenvalue weighted by atomic mass is 10.2. The number of H-pyrrole nitrogens is 1. The van der Waals surface area contributed by atoms with Gasteiger partial charge in [-0.3, -0.25) is 9.36 Å². The number of Topliss-reactive ketones (excluding diaryl/α,β-unsaturated/α-hetero) is 1. The Morgan fingerprint density at radius 2 is 2.00 bits per heavy atom. The van der Waals surface area contributed by atoms with Gasteiger partial charge in [-0.2, -0.15) is 0 Å². The average molecular weight is 454 g/mol. The summed E-state index contributed by atoms with van der Waals surface area (Å²) >= 11 is 0. The van der Waals surface area contributed by atoms with E-state index in [1.165, 1.54) is 25.1 Å². The molecule has 4 aromatic rings. The molecule has 32 heavy (non-hydrogen) atoms. The van der Waals surface area contributed by atoms with E-state index >= 15 is 0 Å². The van der Waals surface area contributed by atoms with Crippen molar-refractivity contribution in [1.29, 1.82) is 0 Å². The molecule has 10 heteroatoms. The van der Waals surface area contributed by atoms with Crippen LogP contribution in [-0.2, 0) is 16.6 Å². The van der Waals surface area contributed by atoms with E-state index in [1.54, 1.807) is 17.6 Å². The van der Waals surface area contributed by atoms with Crippen molar-refractivity contribution in [3.63, 3.8) is 0 Å². The Hall–Kier alpha value is -3.50. The fourth-order valence-electron chi connectivity index (χ4n) is 3.42. The number of fused-ring (bicyclic) bond motifs is 1. The highest BCUT2D eigenvalue weighted by Gasteiger charge is 2.24. The van der Waals surface area contributed by atoms with Gasteiger partial charge in [0.15, 0.2) is 11.6 Å². The third-order valence-electron chi connectivity index (χ3n) is 5.07. The molecule has 0 spiro atoms. The summed E-state index contributed by atoms with van der Waals surface area (Å²) in [5.74, 6) is 0.790. The number of hydrogen-bond acceptors (Lipinski definition) is 6. The number of sulfonamides is 1. The first kappa shape index (κ1) is 21.7. The maximum absolute atomic E-state index is 12.9. The van der Waals surface area contributed by atoms with E-state index in [2.05, 4.69) is 19.9 Å². The number of ether oxygens (including phenoxy) is 1. The topological polar surface area (TPSA) is 119 Å². The Morgan fingerprint density at radius 3 is 2.75 bits per heavy atom. The van der Waals surface area contributed by atoms with Crippen LogP contribution >= 0.6 is 0 Å². The van der Waals surface area contributed by atoms with Gasteiger partial charge < -0.3 is 9.72 Å². The van der Waals surface area contributed by atoms with Crippen LogP contribution in [0.1, 0.15) is 43.0 Å². The van der Waals surface area contributed by atoms with Crippen molar-refractivity contribution in [2.75, 3.05) is 0 Å². The molecule has 4 rings (SSSR count). The fraction of sp³-hybridized carbons (Fsp3) is 0.227. The number of carbonyl (C=O) groups excluding carboxylic acids is 1. The highest BCUT2D eigenvalue weighted by atomic mass is 32.2. The molecule has 2 aromatic carbocycles. The lowest BCUT2D eigenvalue weighted by Crippen LogP contribution is -2.29. The predicted molar refractivity (Wildman–Crippen MR) is 119 cm³/mol. The zero-order valence-electron chi connectivity index (χ0n) is 17.9. The van der Waals surface area contributed by atoms with E-state index in [4.69, 9.17) is 4.74 Å². The molecule has 0 unspecified atom stereocenters. The van der Waals surface area contributed by atoms with E-state index in [9.17, 15) is 13.2 Å². The van der Waals surface area contributed by atoms with Gasteiger partial charge in [0.2, 0.25) is 10.0 Å². The molecule has 2 N–H and O–H groups in total. The summed E-state index contributed by atoms with van der Waals surface area (Å²) in [6, 6.07) is 13.1. The number of ketones is 1. The van der Waals surface area contributed by atoms with E-state index in [0.717, 1.165) is 10.9 Å². The van der Waals surface area contributed by atoms with Crippen LogP contribution in [0.3, 0.4) is 0 Å². The standard InChI is InChI=1S/C22H23N5O4S/c1-4-27-21(14(2)26-32(29,30)19-7-5-6-17(12-19)15(3)28)24-25-22(27)31-18-9-8-16-10-11-23-20(16)13-18/h5-14,23,26H,4H2,1-3H3/t14-/m1/s1. The van der Waals surface area contributed by atoms with Crippen LogP contribution in [0.5, 0.6) is 11.8 Å². The molecule has 0 bridgehead atoms. The molecule has 0 saturated heterocycles. The van der Waals surface area contributed by atoms with Gasteiger partial charge in [-0.15, -0.1) is 5.10 Å². The van der Waals surface area contributed by atoms with Gasteiger partial charge in [0.25, 0.3) is 0 Å². The number of hydrogen-bond donors (Lipinski definition) is 2. The van der Waals surface area contributed by atoms with E-state index in [-0.39, 0.29) is 16.7 Å². The second kappa shape index (κ2) is 8.56. The number of aromatic nitrogens is 4. The summed E-state index contributed by atoms with van der Waals surface area (Å²) < 4.78 is 36.0. The number of nitrogens with one attached hydrogen (secondary N) is 2. The van der Waals surface area contributed by atoms with Crippen LogP contribution < -0.4 is 9.46 Å². The minimum Gasteiger partial charge on any atom is -0.424 e. The molecule has 2 heterocycles. The second-order valence-corrected chi connectivity index (χ2v) is 9.05. The van der Waals surface area contributed by atoms with Crippen molar-refractivity contribution in [3.05, 3.63) is 66.1 Å². The van der Waals surface area contributed by atoms with E-state index < -0.39 is 16.1 Å². The van der Waals surface area contributed by atoms with Crippen molar-refractivity contribution in [3.8, 4) is 11.8 Å². The monoisotopic (exact) mass is 453 g/mol. The molecule has 0 saturated carbocycles. The molecular formula is C22H23N5O4S.